The lowest BCUT2D eigenvalue weighted by Crippen LogP contribution is -2.07. The fraction of sp³-hybridized carbons (Fsp3) is 0.312. The number of aryl methyl sites for hydroxylation is 2. The van der Waals surface area contributed by atoms with Gasteiger partial charge < -0.3 is 5.32 Å². The first-order valence-corrected chi connectivity index (χ1v) is 8.41. The largest absolute Gasteiger partial charge is 0.364 e. The van der Waals surface area contributed by atoms with Crippen LogP contribution in [0.15, 0.2) is 30.2 Å². The topological polar surface area (TPSA) is 76.5 Å². The van der Waals surface area contributed by atoms with Gasteiger partial charge in [-0.05, 0) is 13.3 Å². The van der Waals surface area contributed by atoms with Gasteiger partial charge in [0.2, 0.25) is 0 Å². The molecular formula is C16H18N6S. The maximum absolute atomic E-state index is 4.60. The third-order valence-electron chi connectivity index (χ3n) is 3.28. The molecule has 0 aliphatic rings. The molecule has 0 saturated carbocycles. The van der Waals surface area contributed by atoms with Crippen LogP contribution in [0.3, 0.4) is 0 Å². The molecule has 0 unspecified atom stereocenters. The monoisotopic (exact) mass is 326 g/mol. The molecule has 0 saturated heterocycles. The number of thiazole rings is 1. The maximum Gasteiger partial charge on any atom is 0.143 e. The minimum Gasteiger partial charge on any atom is -0.364 e. The molecule has 0 bridgehead atoms. The second-order valence-corrected chi connectivity index (χ2v) is 5.99. The Labute approximate surface area is 139 Å². The highest BCUT2D eigenvalue weighted by atomic mass is 32.1. The summed E-state index contributed by atoms with van der Waals surface area (Å²) in [6.07, 6.45) is 8.99. The minimum atomic E-state index is 0.629. The van der Waals surface area contributed by atoms with Gasteiger partial charge in [-0.1, -0.05) is 13.3 Å². The summed E-state index contributed by atoms with van der Waals surface area (Å²) in [4.78, 5) is 21.7. The molecule has 23 heavy (non-hydrogen) atoms. The van der Waals surface area contributed by atoms with Crippen LogP contribution in [0.25, 0.3) is 10.7 Å². The van der Waals surface area contributed by atoms with E-state index >= 15 is 0 Å². The molecule has 3 heterocycles. The highest BCUT2D eigenvalue weighted by Crippen LogP contribution is 2.22. The number of hydrogen-bond acceptors (Lipinski definition) is 7. The summed E-state index contributed by atoms with van der Waals surface area (Å²) in [5, 5.41) is 6.29. The normalized spacial score (nSPS) is 10.7. The first kappa shape index (κ1) is 15.5. The van der Waals surface area contributed by atoms with Crippen molar-refractivity contribution in [1.82, 2.24) is 24.9 Å². The number of aromatic nitrogens is 5. The molecule has 0 atom stereocenters. The van der Waals surface area contributed by atoms with Crippen molar-refractivity contribution in [1.29, 1.82) is 0 Å². The zero-order valence-corrected chi connectivity index (χ0v) is 14.0. The SMILES string of the molecule is CCCc1cnc(C)nc1NCc1csc(-c2cnccn2)n1. The molecule has 7 heteroatoms. The lowest BCUT2D eigenvalue weighted by atomic mass is 10.2. The number of nitrogens with one attached hydrogen (secondary N) is 1. The summed E-state index contributed by atoms with van der Waals surface area (Å²) < 4.78 is 0. The predicted molar refractivity (Wildman–Crippen MR) is 91.2 cm³/mol. The lowest BCUT2D eigenvalue weighted by molar-refractivity contribution is 0.884. The molecule has 3 aromatic rings. The number of hydrogen-bond donors (Lipinski definition) is 1. The van der Waals surface area contributed by atoms with E-state index in [4.69, 9.17) is 0 Å². The molecule has 0 radical (unpaired) electrons. The van der Waals surface area contributed by atoms with Crippen LogP contribution in [0.4, 0.5) is 5.82 Å². The summed E-state index contributed by atoms with van der Waals surface area (Å²) in [5.74, 6) is 1.67. The van der Waals surface area contributed by atoms with Crippen molar-refractivity contribution in [3.05, 3.63) is 47.2 Å². The molecule has 1 N–H and O–H groups in total. The third kappa shape index (κ3) is 3.87. The van der Waals surface area contributed by atoms with Gasteiger partial charge in [-0.3, -0.25) is 9.97 Å². The molecule has 6 nitrogen and oxygen atoms in total. The van der Waals surface area contributed by atoms with Crippen LogP contribution < -0.4 is 5.32 Å². The Morgan fingerprint density at radius 1 is 1.13 bits per heavy atom. The van der Waals surface area contributed by atoms with Gasteiger partial charge in [-0.2, -0.15) is 0 Å². The summed E-state index contributed by atoms with van der Waals surface area (Å²) in [5.41, 5.74) is 2.91. The zero-order valence-electron chi connectivity index (χ0n) is 13.2. The van der Waals surface area contributed by atoms with Crippen LogP contribution in [0.5, 0.6) is 0 Å². The smallest absolute Gasteiger partial charge is 0.143 e. The van der Waals surface area contributed by atoms with Crippen molar-refractivity contribution in [3.63, 3.8) is 0 Å². The Hall–Kier alpha value is -2.41. The fourth-order valence-corrected chi connectivity index (χ4v) is 2.97. The molecule has 0 aromatic carbocycles. The van der Waals surface area contributed by atoms with Gasteiger partial charge in [0.1, 0.15) is 22.3 Å². The molecule has 0 fully saturated rings. The Morgan fingerprint density at radius 2 is 2.04 bits per heavy atom. The van der Waals surface area contributed by atoms with Crippen molar-refractivity contribution in [3.8, 4) is 10.7 Å². The molecule has 0 aliphatic heterocycles. The number of rotatable bonds is 6. The van der Waals surface area contributed by atoms with Crippen LogP contribution in [0.2, 0.25) is 0 Å². The fourth-order valence-electron chi connectivity index (χ4n) is 2.19. The Bertz CT molecular complexity index is 771. The van der Waals surface area contributed by atoms with E-state index in [2.05, 4.69) is 37.2 Å². The second-order valence-electron chi connectivity index (χ2n) is 5.13. The van der Waals surface area contributed by atoms with Crippen LogP contribution in [0.1, 0.15) is 30.4 Å². The number of anilines is 1. The Balaban J connectivity index is 1.72. The van der Waals surface area contributed by atoms with Crippen LogP contribution in [0, 0.1) is 6.92 Å². The van der Waals surface area contributed by atoms with Crippen LogP contribution in [-0.4, -0.2) is 24.9 Å². The molecular weight excluding hydrogens is 308 g/mol. The highest BCUT2D eigenvalue weighted by Gasteiger charge is 2.08. The van der Waals surface area contributed by atoms with Crippen molar-refractivity contribution < 1.29 is 0 Å². The standard InChI is InChI=1S/C16H18N6S/c1-3-4-12-7-19-11(2)21-15(12)20-8-13-10-23-16(22-13)14-9-17-5-6-18-14/h5-7,9-10H,3-4,8H2,1-2H3,(H,19,20,21). The van der Waals surface area contributed by atoms with E-state index in [0.29, 0.717) is 6.54 Å². The van der Waals surface area contributed by atoms with E-state index in [1.54, 1.807) is 29.9 Å². The van der Waals surface area contributed by atoms with Gasteiger partial charge >= 0.3 is 0 Å². The Morgan fingerprint density at radius 3 is 2.83 bits per heavy atom. The Kier molecular flexibility index (Phi) is 4.87. The van der Waals surface area contributed by atoms with E-state index in [1.807, 2.05) is 18.5 Å². The van der Waals surface area contributed by atoms with Gasteiger partial charge in [-0.15, -0.1) is 11.3 Å². The van der Waals surface area contributed by atoms with Crippen molar-refractivity contribution in [2.24, 2.45) is 0 Å². The summed E-state index contributed by atoms with van der Waals surface area (Å²) in [7, 11) is 0. The van der Waals surface area contributed by atoms with Crippen molar-refractivity contribution in [2.75, 3.05) is 5.32 Å². The molecule has 3 aromatic heterocycles. The summed E-state index contributed by atoms with van der Waals surface area (Å²) in [6, 6.07) is 0. The summed E-state index contributed by atoms with van der Waals surface area (Å²) >= 11 is 1.57. The predicted octanol–water partition coefficient (Wildman–Crippen LogP) is 3.26. The first-order chi connectivity index (χ1) is 11.3. The maximum atomic E-state index is 4.60. The molecule has 0 aliphatic carbocycles. The van der Waals surface area contributed by atoms with Gasteiger partial charge in [0, 0.05) is 29.5 Å². The zero-order chi connectivity index (χ0) is 16.1. The second kappa shape index (κ2) is 7.23. The quantitative estimate of drug-likeness (QED) is 0.749. The molecule has 0 amide bonds. The third-order valence-corrected chi connectivity index (χ3v) is 4.19. The van der Waals surface area contributed by atoms with Crippen LogP contribution >= 0.6 is 11.3 Å². The minimum absolute atomic E-state index is 0.629. The van der Waals surface area contributed by atoms with Gasteiger partial charge in [0.05, 0.1) is 18.4 Å². The van der Waals surface area contributed by atoms with E-state index < -0.39 is 0 Å². The average Bonchev–Trinajstić information content (AvgIpc) is 3.05. The number of nitrogens with zero attached hydrogens (tertiary/aromatic N) is 5. The van der Waals surface area contributed by atoms with Crippen LogP contribution in [-0.2, 0) is 13.0 Å². The van der Waals surface area contributed by atoms with Crippen molar-refractivity contribution >= 4 is 17.2 Å². The summed E-state index contributed by atoms with van der Waals surface area (Å²) in [6.45, 7) is 4.68. The first-order valence-electron chi connectivity index (χ1n) is 7.53. The van der Waals surface area contributed by atoms with E-state index in [1.165, 1.54) is 0 Å². The highest BCUT2D eigenvalue weighted by molar-refractivity contribution is 7.13. The lowest BCUT2D eigenvalue weighted by Gasteiger charge is -2.09. The van der Waals surface area contributed by atoms with E-state index in [-0.39, 0.29) is 0 Å². The van der Waals surface area contributed by atoms with Crippen molar-refractivity contribution in [2.45, 2.75) is 33.2 Å². The molecule has 118 valence electrons. The average molecular weight is 326 g/mol. The molecule has 3 rings (SSSR count). The van der Waals surface area contributed by atoms with Gasteiger partial charge in [0.15, 0.2) is 0 Å². The van der Waals surface area contributed by atoms with Gasteiger partial charge in [-0.25, -0.2) is 15.0 Å². The van der Waals surface area contributed by atoms with E-state index in [0.717, 1.165) is 46.4 Å². The van der Waals surface area contributed by atoms with Gasteiger partial charge in [0.25, 0.3) is 0 Å². The molecule has 0 spiro atoms. The van der Waals surface area contributed by atoms with E-state index in [9.17, 15) is 0 Å².